The Morgan fingerprint density at radius 1 is 1.24 bits per heavy atom. The fourth-order valence-electron chi connectivity index (χ4n) is 2.83. The van der Waals surface area contributed by atoms with Crippen LogP contribution in [-0.2, 0) is 20.8 Å². The number of anilines is 1. The van der Waals surface area contributed by atoms with E-state index in [0.29, 0.717) is 25.6 Å². The summed E-state index contributed by atoms with van der Waals surface area (Å²) in [7, 11) is 0. The number of amides is 1. The number of rotatable bonds is 4. The van der Waals surface area contributed by atoms with E-state index in [1.54, 1.807) is 16.9 Å². The molecule has 0 radical (unpaired) electrons. The average Bonchev–Trinajstić information content (AvgIpc) is 3.09. The van der Waals surface area contributed by atoms with Gasteiger partial charge in [-0.2, -0.15) is 5.10 Å². The van der Waals surface area contributed by atoms with E-state index in [0.717, 1.165) is 16.5 Å². The maximum absolute atomic E-state index is 12.1. The highest BCUT2D eigenvalue weighted by atomic mass is 16.6. The lowest BCUT2D eigenvalue weighted by atomic mass is 10.1. The lowest BCUT2D eigenvalue weighted by Crippen LogP contribution is -2.39. The molecule has 1 atom stereocenters. The van der Waals surface area contributed by atoms with Gasteiger partial charge in [0.2, 0.25) is 0 Å². The highest BCUT2D eigenvalue weighted by Crippen LogP contribution is 2.17. The number of fused-ring (bicyclic) bond motifs is 1. The number of ether oxygens (including phenoxy) is 2. The standard InChI is InChI=1S/C18H18N4O3/c23-18(15-12-24-9-10-25-15)20-16-6-8-22(21-16)11-14-4-1-3-13-5-2-7-19-17(13)14/h1-8,15H,9-12H2,(H,20,21,23)/t15-/m0/s1. The van der Waals surface area contributed by atoms with Crippen LogP contribution in [0.1, 0.15) is 5.56 Å². The summed E-state index contributed by atoms with van der Waals surface area (Å²) >= 11 is 0. The van der Waals surface area contributed by atoms with Gasteiger partial charge in [0, 0.05) is 23.8 Å². The van der Waals surface area contributed by atoms with Gasteiger partial charge in [-0.1, -0.05) is 24.3 Å². The minimum atomic E-state index is -0.582. The average molecular weight is 338 g/mol. The first kappa shape index (κ1) is 15.7. The smallest absolute Gasteiger partial charge is 0.257 e. The Balaban J connectivity index is 1.46. The second kappa shape index (κ2) is 7.00. The molecule has 1 aromatic carbocycles. The molecule has 0 unspecified atom stereocenters. The van der Waals surface area contributed by atoms with Crippen LogP contribution in [0.15, 0.2) is 48.8 Å². The van der Waals surface area contributed by atoms with Crippen molar-refractivity contribution in [2.75, 3.05) is 25.1 Å². The lowest BCUT2D eigenvalue weighted by molar-refractivity contribution is -0.142. The number of carbonyl (C=O) groups is 1. The molecule has 1 saturated heterocycles. The molecular formula is C18H18N4O3. The minimum Gasteiger partial charge on any atom is -0.376 e. The van der Waals surface area contributed by atoms with Gasteiger partial charge in [-0.25, -0.2) is 0 Å². The molecule has 0 aliphatic carbocycles. The maximum atomic E-state index is 12.1. The molecule has 0 spiro atoms. The van der Waals surface area contributed by atoms with E-state index in [9.17, 15) is 4.79 Å². The van der Waals surface area contributed by atoms with Gasteiger partial charge in [-0.15, -0.1) is 0 Å². The predicted molar refractivity (Wildman–Crippen MR) is 92.3 cm³/mol. The van der Waals surface area contributed by atoms with E-state index in [4.69, 9.17) is 9.47 Å². The monoisotopic (exact) mass is 338 g/mol. The quantitative estimate of drug-likeness (QED) is 0.785. The molecule has 1 fully saturated rings. The van der Waals surface area contributed by atoms with Crippen LogP contribution in [0, 0.1) is 0 Å². The minimum absolute atomic E-state index is 0.239. The number of hydrogen-bond acceptors (Lipinski definition) is 5. The first-order valence-electron chi connectivity index (χ1n) is 8.16. The molecular weight excluding hydrogens is 320 g/mol. The van der Waals surface area contributed by atoms with E-state index in [1.807, 2.05) is 36.5 Å². The van der Waals surface area contributed by atoms with Gasteiger partial charge in [0.15, 0.2) is 11.9 Å². The number of aromatic nitrogens is 3. The van der Waals surface area contributed by atoms with Crippen molar-refractivity contribution in [1.29, 1.82) is 0 Å². The zero-order chi connectivity index (χ0) is 17.1. The largest absolute Gasteiger partial charge is 0.376 e. The van der Waals surface area contributed by atoms with Crippen molar-refractivity contribution < 1.29 is 14.3 Å². The molecule has 1 N–H and O–H groups in total. The third-order valence-corrected chi connectivity index (χ3v) is 4.05. The molecule has 7 nitrogen and oxygen atoms in total. The van der Waals surface area contributed by atoms with Crippen LogP contribution in [0.2, 0.25) is 0 Å². The molecule has 0 saturated carbocycles. The van der Waals surface area contributed by atoms with Gasteiger partial charge in [0.1, 0.15) is 0 Å². The molecule has 3 heterocycles. The van der Waals surface area contributed by atoms with Crippen molar-refractivity contribution >= 4 is 22.6 Å². The molecule has 3 aromatic rings. The van der Waals surface area contributed by atoms with Gasteiger partial charge in [0.05, 0.1) is 31.9 Å². The van der Waals surface area contributed by atoms with Crippen LogP contribution in [0.3, 0.4) is 0 Å². The fraction of sp³-hybridized carbons (Fsp3) is 0.278. The third-order valence-electron chi connectivity index (χ3n) is 4.05. The number of pyridine rings is 1. The van der Waals surface area contributed by atoms with Crippen molar-refractivity contribution in [2.24, 2.45) is 0 Å². The maximum Gasteiger partial charge on any atom is 0.257 e. The Labute approximate surface area is 144 Å². The van der Waals surface area contributed by atoms with Crippen LogP contribution >= 0.6 is 0 Å². The summed E-state index contributed by atoms with van der Waals surface area (Å²) in [4.78, 5) is 16.6. The van der Waals surface area contributed by atoms with Crippen molar-refractivity contribution in [2.45, 2.75) is 12.6 Å². The Bertz CT molecular complexity index is 881. The Kier molecular flexibility index (Phi) is 4.41. The summed E-state index contributed by atoms with van der Waals surface area (Å²) < 4.78 is 12.4. The van der Waals surface area contributed by atoms with E-state index in [-0.39, 0.29) is 12.5 Å². The molecule has 4 rings (SSSR count). The lowest BCUT2D eigenvalue weighted by Gasteiger charge is -2.21. The van der Waals surface area contributed by atoms with Gasteiger partial charge in [0.25, 0.3) is 5.91 Å². The molecule has 128 valence electrons. The topological polar surface area (TPSA) is 78.3 Å². The summed E-state index contributed by atoms with van der Waals surface area (Å²) in [5.41, 5.74) is 2.03. The summed E-state index contributed by atoms with van der Waals surface area (Å²) in [6.07, 6.45) is 3.03. The van der Waals surface area contributed by atoms with Crippen molar-refractivity contribution in [3.63, 3.8) is 0 Å². The number of nitrogens with zero attached hydrogens (tertiary/aromatic N) is 3. The van der Waals surface area contributed by atoms with E-state index in [2.05, 4.69) is 15.4 Å². The molecule has 25 heavy (non-hydrogen) atoms. The third kappa shape index (κ3) is 3.52. The normalized spacial score (nSPS) is 17.5. The zero-order valence-electron chi connectivity index (χ0n) is 13.6. The number of hydrogen-bond donors (Lipinski definition) is 1. The van der Waals surface area contributed by atoms with Crippen LogP contribution in [-0.4, -0.2) is 46.6 Å². The van der Waals surface area contributed by atoms with Gasteiger partial charge in [-0.3, -0.25) is 14.5 Å². The Hall–Kier alpha value is -2.77. The molecule has 0 bridgehead atoms. The molecule has 2 aromatic heterocycles. The van der Waals surface area contributed by atoms with Crippen molar-refractivity contribution in [3.8, 4) is 0 Å². The van der Waals surface area contributed by atoms with Crippen LogP contribution in [0.4, 0.5) is 5.82 Å². The van der Waals surface area contributed by atoms with Crippen LogP contribution in [0.5, 0.6) is 0 Å². The molecule has 1 amide bonds. The number of carbonyl (C=O) groups excluding carboxylic acids is 1. The van der Waals surface area contributed by atoms with E-state index in [1.165, 1.54) is 0 Å². The SMILES string of the molecule is O=C(Nc1ccn(Cc2cccc3cccnc23)n1)[C@@H]1COCCO1. The summed E-state index contributed by atoms with van der Waals surface area (Å²) in [5, 5.41) is 8.26. The van der Waals surface area contributed by atoms with Gasteiger partial charge in [-0.05, 0) is 11.6 Å². The molecule has 1 aliphatic heterocycles. The molecule has 7 heteroatoms. The number of benzene rings is 1. The Morgan fingerprint density at radius 3 is 3.04 bits per heavy atom. The first-order valence-corrected chi connectivity index (χ1v) is 8.16. The van der Waals surface area contributed by atoms with Crippen molar-refractivity contribution in [3.05, 3.63) is 54.4 Å². The highest BCUT2D eigenvalue weighted by Gasteiger charge is 2.23. The Morgan fingerprint density at radius 2 is 2.16 bits per heavy atom. The van der Waals surface area contributed by atoms with E-state index >= 15 is 0 Å². The van der Waals surface area contributed by atoms with Gasteiger partial charge < -0.3 is 14.8 Å². The second-order valence-electron chi connectivity index (χ2n) is 5.81. The second-order valence-corrected chi connectivity index (χ2v) is 5.81. The first-order chi connectivity index (χ1) is 12.3. The predicted octanol–water partition coefficient (Wildman–Crippen LogP) is 1.83. The number of nitrogens with one attached hydrogen (secondary N) is 1. The van der Waals surface area contributed by atoms with Gasteiger partial charge >= 0.3 is 0 Å². The summed E-state index contributed by atoms with van der Waals surface area (Å²) in [5.74, 6) is 0.254. The van der Waals surface area contributed by atoms with Crippen LogP contribution in [0.25, 0.3) is 10.9 Å². The van der Waals surface area contributed by atoms with Crippen molar-refractivity contribution in [1.82, 2.24) is 14.8 Å². The summed E-state index contributed by atoms with van der Waals surface area (Å²) in [6.45, 7) is 1.81. The molecule has 1 aliphatic rings. The van der Waals surface area contributed by atoms with Crippen LogP contribution < -0.4 is 5.32 Å². The fourth-order valence-corrected chi connectivity index (χ4v) is 2.83. The zero-order valence-corrected chi connectivity index (χ0v) is 13.6. The summed E-state index contributed by atoms with van der Waals surface area (Å²) in [6, 6.07) is 11.8. The highest BCUT2D eigenvalue weighted by molar-refractivity contribution is 5.93. The number of para-hydroxylation sites is 1. The van der Waals surface area contributed by atoms with E-state index < -0.39 is 6.10 Å².